The van der Waals surface area contributed by atoms with Crippen molar-refractivity contribution in [3.63, 3.8) is 0 Å². The first-order valence-electron chi connectivity index (χ1n) is 6.87. The van der Waals surface area contributed by atoms with E-state index >= 15 is 0 Å². The number of rotatable bonds is 2. The normalized spacial score (nSPS) is 30.4. The smallest absolute Gasteiger partial charge is 0.240 e. The standard InChI is InChI=1S/C14H23N3O/c1-3-6-13(15)14(18)17-10-12-7-4-5-8-16(12)9-11(17)2/h1,11-13H,4-10,15H2,2H3. The highest BCUT2D eigenvalue weighted by Crippen LogP contribution is 2.24. The number of amides is 1. The van der Waals surface area contributed by atoms with E-state index in [0.29, 0.717) is 12.5 Å². The summed E-state index contributed by atoms with van der Waals surface area (Å²) in [5.41, 5.74) is 5.84. The van der Waals surface area contributed by atoms with Crippen molar-refractivity contribution in [1.29, 1.82) is 0 Å². The van der Waals surface area contributed by atoms with Crippen LogP contribution in [0.1, 0.15) is 32.6 Å². The molecular formula is C14H23N3O. The second-order valence-corrected chi connectivity index (χ2v) is 5.50. The molecule has 0 saturated carbocycles. The molecule has 0 radical (unpaired) electrons. The number of fused-ring (bicyclic) bond motifs is 1. The Hall–Kier alpha value is -1.05. The molecule has 2 aliphatic rings. The van der Waals surface area contributed by atoms with Crippen LogP contribution in [-0.4, -0.2) is 53.5 Å². The molecular weight excluding hydrogens is 226 g/mol. The Morgan fingerprint density at radius 1 is 1.50 bits per heavy atom. The molecule has 100 valence electrons. The summed E-state index contributed by atoms with van der Waals surface area (Å²) in [7, 11) is 0. The van der Waals surface area contributed by atoms with Crippen molar-refractivity contribution < 1.29 is 4.79 Å². The maximum absolute atomic E-state index is 12.3. The van der Waals surface area contributed by atoms with Crippen LogP contribution in [0.3, 0.4) is 0 Å². The van der Waals surface area contributed by atoms with E-state index in [1.807, 2.05) is 4.90 Å². The Morgan fingerprint density at radius 2 is 2.28 bits per heavy atom. The fraction of sp³-hybridized carbons (Fsp3) is 0.786. The molecule has 18 heavy (non-hydrogen) atoms. The molecule has 0 bridgehead atoms. The van der Waals surface area contributed by atoms with E-state index in [9.17, 15) is 4.79 Å². The molecule has 0 aromatic carbocycles. The van der Waals surface area contributed by atoms with Gasteiger partial charge in [0.1, 0.15) is 0 Å². The molecule has 3 atom stereocenters. The Morgan fingerprint density at radius 3 is 3.00 bits per heavy atom. The summed E-state index contributed by atoms with van der Waals surface area (Å²) in [5.74, 6) is 2.49. The van der Waals surface area contributed by atoms with E-state index in [2.05, 4.69) is 17.7 Å². The van der Waals surface area contributed by atoms with Gasteiger partial charge in [-0.1, -0.05) is 6.42 Å². The highest BCUT2D eigenvalue weighted by atomic mass is 16.2. The van der Waals surface area contributed by atoms with Crippen molar-refractivity contribution in [3.05, 3.63) is 0 Å². The van der Waals surface area contributed by atoms with Gasteiger partial charge in [0.2, 0.25) is 5.91 Å². The van der Waals surface area contributed by atoms with Crippen LogP contribution >= 0.6 is 0 Å². The van der Waals surface area contributed by atoms with Gasteiger partial charge in [0.25, 0.3) is 0 Å². The number of hydrogen-bond donors (Lipinski definition) is 1. The van der Waals surface area contributed by atoms with E-state index in [-0.39, 0.29) is 11.9 Å². The first-order valence-corrected chi connectivity index (χ1v) is 6.87. The zero-order valence-electron chi connectivity index (χ0n) is 11.1. The van der Waals surface area contributed by atoms with E-state index in [1.54, 1.807) is 0 Å². The largest absolute Gasteiger partial charge is 0.336 e. The molecule has 4 heteroatoms. The van der Waals surface area contributed by atoms with Gasteiger partial charge >= 0.3 is 0 Å². The Labute approximate surface area is 109 Å². The molecule has 0 aromatic rings. The molecule has 2 rings (SSSR count). The number of piperidine rings is 1. The van der Waals surface area contributed by atoms with Gasteiger partial charge in [-0.15, -0.1) is 12.3 Å². The lowest BCUT2D eigenvalue weighted by molar-refractivity contribution is -0.139. The number of hydrogen-bond acceptors (Lipinski definition) is 3. The van der Waals surface area contributed by atoms with Crippen molar-refractivity contribution in [2.45, 2.75) is 50.7 Å². The minimum atomic E-state index is -0.535. The van der Waals surface area contributed by atoms with Crippen LogP contribution in [0, 0.1) is 12.3 Å². The molecule has 4 nitrogen and oxygen atoms in total. The minimum absolute atomic E-state index is 0.0191. The number of carbonyl (C=O) groups excluding carboxylic acids is 1. The molecule has 3 unspecified atom stereocenters. The van der Waals surface area contributed by atoms with Crippen LogP contribution in [0.5, 0.6) is 0 Å². The molecule has 2 saturated heterocycles. The Kier molecular flexibility index (Phi) is 4.26. The summed E-state index contributed by atoms with van der Waals surface area (Å²) < 4.78 is 0. The van der Waals surface area contributed by atoms with Crippen LogP contribution in [-0.2, 0) is 4.79 Å². The number of piperazine rings is 1. The zero-order chi connectivity index (χ0) is 13.1. The predicted octanol–water partition coefficient (Wildman–Crippen LogP) is 0.422. The first kappa shape index (κ1) is 13.4. The zero-order valence-corrected chi connectivity index (χ0v) is 11.1. The maximum atomic E-state index is 12.3. The van der Waals surface area contributed by atoms with Crippen LogP contribution in [0.25, 0.3) is 0 Å². The molecule has 2 N–H and O–H groups in total. The van der Waals surface area contributed by atoms with E-state index in [4.69, 9.17) is 12.2 Å². The summed E-state index contributed by atoms with van der Waals surface area (Å²) in [6, 6.07) is 0.236. The van der Waals surface area contributed by atoms with E-state index in [1.165, 1.54) is 25.8 Å². The van der Waals surface area contributed by atoms with Crippen molar-refractivity contribution in [1.82, 2.24) is 9.80 Å². The Bertz CT molecular complexity index is 349. The van der Waals surface area contributed by atoms with Crippen LogP contribution in [0.15, 0.2) is 0 Å². The molecule has 0 spiro atoms. The molecule has 2 heterocycles. The third kappa shape index (κ3) is 2.68. The first-order chi connectivity index (χ1) is 8.63. The monoisotopic (exact) mass is 249 g/mol. The summed E-state index contributed by atoms with van der Waals surface area (Å²) >= 11 is 0. The lowest BCUT2D eigenvalue weighted by Gasteiger charge is -2.48. The van der Waals surface area contributed by atoms with Gasteiger partial charge in [-0.3, -0.25) is 9.69 Å². The number of nitrogens with zero attached hydrogens (tertiary/aromatic N) is 2. The van der Waals surface area contributed by atoms with Crippen LogP contribution in [0.4, 0.5) is 0 Å². The maximum Gasteiger partial charge on any atom is 0.240 e. The lowest BCUT2D eigenvalue weighted by atomic mass is 9.96. The van der Waals surface area contributed by atoms with Gasteiger partial charge in [0.15, 0.2) is 0 Å². The number of carbonyl (C=O) groups is 1. The fourth-order valence-electron chi connectivity index (χ4n) is 3.09. The van der Waals surface area contributed by atoms with Gasteiger partial charge < -0.3 is 10.6 Å². The van der Waals surface area contributed by atoms with Crippen LogP contribution in [0.2, 0.25) is 0 Å². The second kappa shape index (κ2) is 5.73. The average molecular weight is 249 g/mol. The lowest BCUT2D eigenvalue weighted by Crippen LogP contribution is -2.62. The molecule has 2 aliphatic heterocycles. The second-order valence-electron chi connectivity index (χ2n) is 5.50. The molecule has 2 fully saturated rings. The van der Waals surface area contributed by atoms with Crippen molar-refractivity contribution >= 4 is 5.91 Å². The number of nitrogens with two attached hydrogens (primary N) is 1. The van der Waals surface area contributed by atoms with Crippen molar-refractivity contribution in [3.8, 4) is 12.3 Å². The third-order valence-corrected chi connectivity index (χ3v) is 4.13. The molecule has 0 aromatic heterocycles. The summed E-state index contributed by atoms with van der Waals surface area (Å²) in [6.07, 6.45) is 9.31. The van der Waals surface area contributed by atoms with Gasteiger partial charge in [-0.2, -0.15) is 0 Å². The highest BCUT2D eigenvalue weighted by Gasteiger charge is 2.36. The van der Waals surface area contributed by atoms with Gasteiger partial charge in [0, 0.05) is 31.6 Å². The van der Waals surface area contributed by atoms with E-state index < -0.39 is 6.04 Å². The number of terminal acetylenes is 1. The molecule has 1 amide bonds. The topological polar surface area (TPSA) is 49.6 Å². The van der Waals surface area contributed by atoms with Gasteiger partial charge in [0.05, 0.1) is 6.04 Å². The third-order valence-electron chi connectivity index (χ3n) is 4.13. The van der Waals surface area contributed by atoms with Gasteiger partial charge in [-0.25, -0.2) is 0 Å². The summed E-state index contributed by atoms with van der Waals surface area (Å²) in [4.78, 5) is 16.7. The van der Waals surface area contributed by atoms with E-state index in [0.717, 1.165) is 13.1 Å². The van der Waals surface area contributed by atoms with Gasteiger partial charge in [-0.05, 0) is 26.3 Å². The minimum Gasteiger partial charge on any atom is -0.336 e. The average Bonchev–Trinajstić information content (AvgIpc) is 2.37. The molecule has 0 aliphatic carbocycles. The highest BCUT2D eigenvalue weighted by molar-refractivity contribution is 5.82. The van der Waals surface area contributed by atoms with Crippen molar-refractivity contribution in [2.24, 2.45) is 5.73 Å². The van der Waals surface area contributed by atoms with Crippen molar-refractivity contribution in [2.75, 3.05) is 19.6 Å². The fourth-order valence-corrected chi connectivity index (χ4v) is 3.09. The summed E-state index contributed by atoms with van der Waals surface area (Å²) in [6.45, 7) is 5.07. The Balaban J connectivity index is 2.00. The summed E-state index contributed by atoms with van der Waals surface area (Å²) in [5, 5.41) is 0. The van der Waals surface area contributed by atoms with Crippen LogP contribution < -0.4 is 5.73 Å². The quantitative estimate of drug-likeness (QED) is 0.722. The predicted molar refractivity (Wildman–Crippen MR) is 71.8 cm³/mol. The SMILES string of the molecule is C#CCC(N)C(=O)N1CC2CCCCN2CC1C.